The summed E-state index contributed by atoms with van der Waals surface area (Å²) in [6.45, 7) is 4.77. The molecule has 3 rings (SSSR count). The van der Waals surface area contributed by atoms with Crippen molar-refractivity contribution in [2.75, 3.05) is 0 Å². The van der Waals surface area contributed by atoms with Gasteiger partial charge in [-0.05, 0) is 39.0 Å². The predicted molar refractivity (Wildman–Crippen MR) is 77.7 cm³/mol. The van der Waals surface area contributed by atoms with Crippen molar-refractivity contribution >= 4 is 11.8 Å². The lowest BCUT2D eigenvalue weighted by Gasteiger charge is -2.39. The first-order valence-corrected chi connectivity index (χ1v) is 7.58. The number of hydrogen-bond donors (Lipinski definition) is 2. The summed E-state index contributed by atoms with van der Waals surface area (Å²) in [5.74, 6) is 0.655. The molecule has 1 aromatic rings. The van der Waals surface area contributed by atoms with E-state index in [2.05, 4.69) is 15.7 Å². The van der Waals surface area contributed by atoms with Gasteiger partial charge in [-0.15, -0.1) is 0 Å². The summed E-state index contributed by atoms with van der Waals surface area (Å²) in [5, 5.41) is 10.2. The molecule has 21 heavy (non-hydrogen) atoms. The van der Waals surface area contributed by atoms with Crippen LogP contribution in [0.15, 0.2) is 12.4 Å². The number of rotatable bonds is 4. The molecule has 1 unspecified atom stereocenters. The molecule has 1 saturated heterocycles. The Hall–Kier alpha value is -1.85. The average molecular weight is 290 g/mol. The van der Waals surface area contributed by atoms with Crippen LogP contribution in [0.1, 0.15) is 49.9 Å². The summed E-state index contributed by atoms with van der Waals surface area (Å²) < 4.78 is 1.85. The molecule has 0 aromatic carbocycles. The number of carbonyl (C=O) groups is 2. The first kappa shape index (κ1) is 14.1. The van der Waals surface area contributed by atoms with Gasteiger partial charge in [0, 0.05) is 19.2 Å². The molecule has 1 atom stereocenters. The highest BCUT2D eigenvalue weighted by molar-refractivity contribution is 5.94. The third-order valence-electron chi connectivity index (χ3n) is 4.34. The zero-order chi connectivity index (χ0) is 15.0. The van der Waals surface area contributed by atoms with Crippen molar-refractivity contribution in [3.63, 3.8) is 0 Å². The Bertz CT molecular complexity index is 560. The lowest BCUT2D eigenvalue weighted by Crippen LogP contribution is -2.62. The van der Waals surface area contributed by atoms with Gasteiger partial charge in [0.25, 0.3) is 5.91 Å². The molecule has 0 bridgehead atoms. The minimum atomic E-state index is -0.422. The first-order chi connectivity index (χ1) is 9.94. The average Bonchev–Trinajstić information content (AvgIpc) is 3.07. The van der Waals surface area contributed by atoms with Gasteiger partial charge in [0.05, 0.1) is 23.3 Å². The molecule has 1 aliphatic carbocycles. The summed E-state index contributed by atoms with van der Waals surface area (Å²) >= 11 is 0. The van der Waals surface area contributed by atoms with Gasteiger partial charge in [-0.1, -0.05) is 0 Å². The maximum atomic E-state index is 12.3. The zero-order valence-corrected chi connectivity index (χ0v) is 12.6. The van der Waals surface area contributed by atoms with Gasteiger partial charge in [-0.2, -0.15) is 5.10 Å². The quantitative estimate of drug-likeness (QED) is 0.871. The number of aromatic nitrogens is 2. The van der Waals surface area contributed by atoms with Gasteiger partial charge < -0.3 is 10.6 Å². The molecule has 0 radical (unpaired) electrons. The summed E-state index contributed by atoms with van der Waals surface area (Å²) in [4.78, 5) is 23.8. The Morgan fingerprint density at radius 1 is 1.48 bits per heavy atom. The molecule has 2 amide bonds. The Labute approximate surface area is 124 Å². The number of nitrogens with zero attached hydrogens (tertiary/aromatic N) is 2. The minimum Gasteiger partial charge on any atom is -0.349 e. The summed E-state index contributed by atoms with van der Waals surface area (Å²) in [6, 6.07) is -0.0607. The highest BCUT2D eigenvalue weighted by atomic mass is 16.2. The fourth-order valence-corrected chi connectivity index (χ4v) is 2.79. The smallest absolute Gasteiger partial charge is 0.254 e. The van der Waals surface area contributed by atoms with E-state index in [-0.39, 0.29) is 17.9 Å². The highest BCUT2D eigenvalue weighted by Crippen LogP contribution is 2.30. The Kier molecular flexibility index (Phi) is 3.47. The van der Waals surface area contributed by atoms with Crippen molar-refractivity contribution in [3.05, 3.63) is 18.0 Å². The van der Waals surface area contributed by atoms with Crippen LogP contribution < -0.4 is 10.6 Å². The summed E-state index contributed by atoms with van der Waals surface area (Å²) in [7, 11) is 0. The Morgan fingerprint density at radius 2 is 2.24 bits per heavy atom. The highest BCUT2D eigenvalue weighted by Gasteiger charge is 2.36. The molecular formula is C15H22N4O2. The summed E-state index contributed by atoms with van der Waals surface area (Å²) in [6.07, 6.45) is 7.07. The topological polar surface area (TPSA) is 76.0 Å². The number of carbonyl (C=O) groups excluding carboxylic acids is 2. The van der Waals surface area contributed by atoms with Gasteiger partial charge in [0.1, 0.15) is 0 Å². The van der Waals surface area contributed by atoms with Crippen LogP contribution in [-0.2, 0) is 11.3 Å². The van der Waals surface area contributed by atoms with Crippen molar-refractivity contribution in [1.82, 2.24) is 20.4 Å². The monoisotopic (exact) mass is 290 g/mol. The second-order valence-electron chi connectivity index (χ2n) is 6.73. The minimum absolute atomic E-state index is 0.0442. The van der Waals surface area contributed by atoms with Crippen molar-refractivity contribution in [1.29, 1.82) is 0 Å². The van der Waals surface area contributed by atoms with Crippen molar-refractivity contribution in [2.24, 2.45) is 5.92 Å². The van der Waals surface area contributed by atoms with Crippen molar-refractivity contribution in [2.45, 2.75) is 57.7 Å². The molecular weight excluding hydrogens is 268 g/mol. The van der Waals surface area contributed by atoms with Crippen LogP contribution in [0.5, 0.6) is 0 Å². The maximum Gasteiger partial charge on any atom is 0.254 e. The number of nitrogens with one attached hydrogen (secondary N) is 2. The third-order valence-corrected chi connectivity index (χ3v) is 4.34. The summed E-state index contributed by atoms with van der Waals surface area (Å²) in [5.41, 5.74) is 0.165. The van der Waals surface area contributed by atoms with Gasteiger partial charge >= 0.3 is 0 Å². The fraction of sp³-hybridized carbons (Fsp3) is 0.667. The SMILES string of the molecule is CC1(C)NC(=O)CCC1NC(=O)c1cnn(CC2CC2)c1. The van der Waals surface area contributed by atoms with E-state index in [1.165, 1.54) is 12.8 Å². The predicted octanol–water partition coefficient (Wildman–Crippen LogP) is 1.08. The van der Waals surface area contributed by atoms with E-state index in [4.69, 9.17) is 0 Å². The largest absolute Gasteiger partial charge is 0.349 e. The van der Waals surface area contributed by atoms with Crippen LogP contribution in [0.4, 0.5) is 0 Å². The second-order valence-corrected chi connectivity index (χ2v) is 6.73. The lowest BCUT2D eigenvalue weighted by atomic mass is 9.86. The molecule has 0 spiro atoms. The molecule has 114 valence electrons. The second kappa shape index (κ2) is 5.16. The third kappa shape index (κ3) is 3.25. The molecule has 2 heterocycles. The molecule has 2 N–H and O–H groups in total. The van der Waals surface area contributed by atoms with Crippen LogP contribution in [-0.4, -0.2) is 33.2 Å². The van der Waals surface area contributed by atoms with E-state index in [0.717, 1.165) is 12.5 Å². The van der Waals surface area contributed by atoms with Gasteiger partial charge in [-0.25, -0.2) is 0 Å². The standard InChI is InChI=1S/C15H22N4O2/c1-15(2)12(5-6-13(20)18-15)17-14(21)11-7-16-19(9-11)8-10-3-4-10/h7,9-10,12H,3-6,8H2,1-2H3,(H,17,21)(H,18,20). The van der Waals surface area contributed by atoms with Crippen LogP contribution in [0, 0.1) is 5.92 Å². The molecule has 1 aromatic heterocycles. The Morgan fingerprint density at radius 3 is 2.90 bits per heavy atom. The normalized spacial score (nSPS) is 24.5. The van der Waals surface area contributed by atoms with Crippen LogP contribution >= 0.6 is 0 Å². The lowest BCUT2D eigenvalue weighted by molar-refractivity contribution is -0.125. The van der Waals surface area contributed by atoms with E-state index in [0.29, 0.717) is 18.4 Å². The number of hydrogen-bond acceptors (Lipinski definition) is 3. The molecule has 2 aliphatic rings. The number of piperidine rings is 1. The van der Waals surface area contributed by atoms with Gasteiger partial charge in [0.15, 0.2) is 0 Å². The van der Waals surface area contributed by atoms with Gasteiger partial charge in [-0.3, -0.25) is 14.3 Å². The number of amides is 2. The van der Waals surface area contributed by atoms with E-state index in [9.17, 15) is 9.59 Å². The zero-order valence-electron chi connectivity index (χ0n) is 12.6. The Balaban J connectivity index is 1.62. The molecule has 2 fully saturated rings. The molecule has 6 heteroatoms. The van der Waals surface area contributed by atoms with Crippen LogP contribution in [0.2, 0.25) is 0 Å². The van der Waals surface area contributed by atoms with E-state index in [1.807, 2.05) is 24.7 Å². The van der Waals surface area contributed by atoms with E-state index < -0.39 is 5.54 Å². The maximum absolute atomic E-state index is 12.3. The fourth-order valence-electron chi connectivity index (χ4n) is 2.79. The van der Waals surface area contributed by atoms with E-state index in [1.54, 1.807) is 6.20 Å². The van der Waals surface area contributed by atoms with Crippen LogP contribution in [0.25, 0.3) is 0 Å². The first-order valence-electron chi connectivity index (χ1n) is 7.58. The van der Waals surface area contributed by atoms with Gasteiger partial charge in [0.2, 0.25) is 5.91 Å². The molecule has 6 nitrogen and oxygen atoms in total. The van der Waals surface area contributed by atoms with Crippen molar-refractivity contribution in [3.8, 4) is 0 Å². The van der Waals surface area contributed by atoms with E-state index >= 15 is 0 Å². The van der Waals surface area contributed by atoms with Crippen molar-refractivity contribution < 1.29 is 9.59 Å². The molecule has 1 aliphatic heterocycles. The van der Waals surface area contributed by atoms with Crippen LogP contribution in [0.3, 0.4) is 0 Å². The molecule has 1 saturated carbocycles.